The van der Waals surface area contributed by atoms with Gasteiger partial charge in [-0.3, -0.25) is 29.2 Å². The molecule has 27 heteroatoms. The van der Waals surface area contributed by atoms with Crippen molar-refractivity contribution in [2.75, 3.05) is 6.54 Å². The van der Waals surface area contributed by atoms with Gasteiger partial charge < -0.3 is 29.7 Å². The van der Waals surface area contributed by atoms with Crippen LogP contribution in [0.1, 0.15) is 46.5 Å². The summed E-state index contributed by atoms with van der Waals surface area (Å²) < 4.78 is 56.3. The number of carbonyl (C=O) groups excluding carboxylic acids is 1. The Morgan fingerprint density at radius 2 is 1.51 bits per heavy atom. The van der Waals surface area contributed by atoms with Crippen molar-refractivity contribution >= 4 is 81.5 Å². The molecule has 344 valence electrons. The monoisotopic (exact) mass is 1050 g/mol. The quantitative estimate of drug-likeness (QED) is 0.0281. The van der Waals surface area contributed by atoms with Gasteiger partial charge in [-0.2, -0.15) is 20.3 Å². The Morgan fingerprint density at radius 3 is 2.07 bits per heavy atom. The summed E-state index contributed by atoms with van der Waals surface area (Å²) in [7, 11) is -8.67. The first-order valence-corrected chi connectivity index (χ1v) is 21.9. The van der Waals surface area contributed by atoms with Gasteiger partial charge in [0.25, 0.3) is 17.3 Å². The number of carbonyl (C=O) groups is 1. The Balaban J connectivity index is 0.000000662. The molecule has 0 saturated heterocycles. The van der Waals surface area contributed by atoms with Crippen molar-refractivity contribution in [3.05, 3.63) is 123 Å². The van der Waals surface area contributed by atoms with Crippen molar-refractivity contribution in [3.8, 4) is 11.5 Å². The maximum absolute atomic E-state index is 12.4. The molecule has 1 amide bonds. The number of fused-ring (bicyclic) bond motifs is 1. The number of unbranched alkanes of at least 4 members (excludes halogenated alkanes) is 1. The van der Waals surface area contributed by atoms with E-state index in [1.165, 1.54) is 19.1 Å². The fourth-order valence-electron chi connectivity index (χ4n) is 5.67. The van der Waals surface area contributed by atoms with E-state index in [2.05, 4.69) is 37.7 Å². The second-order valence-electron chi connectivity index (χ2n) is 13.7. The van der Waals surface area contributed by atoms with Gasteiger partial charge in [0.05, 0.1) is 43.6 Å². The zero-order valence-electron chi connectivity index (χ0n) is 36.5. The maximum atomic E-state index is 12.4. The Morgan fingerprint density at radius 1 is 0.851 bits per heavy atom. The van der Waals surface area contributed by atoms with E-state index in [9.17, 15) is 62.1 Å². The predicted molar refractivity (Wildman–Crippen MR) is 231 cm³/mol. The molecule has 1 aliphatic rings. The van der Waals surface area contributed by atoms with Crippen LogP contribution < -0.4 is 123 Å². The number of aliphatic hydroxyl groups is 1. The number of rotatable bonds is 15. The Kier molecular flexibility index (Phi) is 26.0. The largest absolute Gasteiger partial charge is 3.00 e. The first kappa shape index (κ1) is 61.5. The number of hydrogen-bond donors (Lipinski definition) is 3. The average Bonchev–Trinajstić information content (AvgIpc) is 3.23. The molecule has 0 aliphatic heterocycles. The van der Waals surface area contributed by atoms with Crippen LogP contribution in [0.2, 0.25) is 0 Å². The summed E-state index contributed by atoms with van der Waals surface area (Å²) in [6.07, 6.45) is 8.80. The number of amides is 1. The molecule has 0 radical (unpaired) electrons. The van der Waals surface area contributed by atoms with Crippen LogP contribution in [-0.4, -0.2) is 59.7 Å². The average molecular weight is 1060 g/mol. The molecule has 1 unspecified atom stereocenters. The van der Waals surface area contributed by atoms with Crippen LogP contribution >= 0.6 is 0 Å². The second-order valence-corrected chi connectivity index (χ2v) is 16.6. The van der Waals surface area contributed by atoms with Gasteiger partial charge in [-0.25, -0.2) is 18.5 Å². The van der Waals surface area contributed by atoms with Crippen LogP contribution in [-0.2, 0) is 41.7 Å². The molecule has 0 heterocycles. The predicted octanol–water partition coefficient (Wildman–Crippen LogP) is 0.680. The number of non-ortho nitro benzene ring substituents is 1. The van der Waals surface area contributed by atoms with E-state index in [4.69, 9.17) is 5.14 Å². The number of azo groups is 2. The van der Waals surface area contributed by atoms with Gasteiger partial charge in [-0.1, -0.05) is 75.3 Å². The SMILES string of the molecule is CCCCC(CC)CNC(=O)C(N=Nc1cc(S(N)(=O)=O)ccc1[O-])=C(C)O.O=[N+]([O-])c1cc(N=Nc2c(N=C3C=CC(=S(=O)([O-])[O-])C=C3)ccc3ccccc23)c([O-])c([N+](=O)[O-])c1.[Co+3].[K+].[K+]. The number of nitrogens with one attached hydrogen (secondary N) is 1. The first-order chi connectivity index (χ1) is 30.1. The number of nitrogens with zero attached hydrogens (tertiary/aromatic N) is 7. The summed E-state index contributed by atoms with van der Waals surface area (Å²) in [4.78, 5) is 36.4. The number of nitro groups is 2. The molecule has 4 aromatic carbocycles. The summed E-state index contributed by atoms with van der Waals surface area (Å²) >= 11 is 0. The summed E-state index contributed by atoms with van der Waals surface area (Å²) in [6, 6.07) is 14.5. The van der Waals surface area contributed by atoms with Gasteiger partial charge in [0.2, 0.25) is 10.0 Å². The number of allylic oxidation sites excluding steroid dienone is 5. The van der Waals surface area contributed by atoms with Crippen molar-refractivity contribution in [1.82, 2.24) is 5.32 Å². The Labute approximate surface area is 480 Å². The molecule has 0 spiro atoms. The minimum atomic E-state index is -4.64. The molecule has 0 bridgehead atoms. The number of nitro benzene ring substituents is 2. The van der Waals surface area contributed by atoms with Crippen molar-refractivity contribution in [2.45, 2.75) is 51.3 Å². The normalized spacial score (nSPS) is 13.1. The van der Waals surface area contributed by atoms with Crippen molar-refractivity contribution in [3.63, 3.8) is 0 Å². The van der Waals surface area contributed by atoms with Crippen LogP contribution in [0, 0.1) is 26.1 Å². The van der Waals surface area contributed by atoms with E-state index in [1.807, 2.05) is 6.92 Å². The number of sulfonamides is 1. The van der Waals surface area contributed by atoms with Crippen LogP contribution in [0.25, 0.3) is 10.8 Å². The van der Waals surface area contributed by atoms with Gasteiger partial charge in [0.15, 0.2) is 5.70 Å². The molecule has 1 atom stereocenters. The number of aliphatic imine (C=N–C) groups is 1. The second kappa shape index (κ2) is 28.3. The molecule has 67 heavy (non-hydrogen) atoms. The molecule has 0 aromatic heterocycles. The zero-order valence-corrected chi connectivity index (χ0v) is 45.4. The van der Waals surface area contributed by atoms with Crippen LogP contribution in [0.3, 0.4) is 0 Å². The van der Waals surface area contributed by atoms with Gasteiger partial charge >= 0.3 is 120 Å². The summed E-state index contributed by atoms with van der Waals surface area (Å²) in [5, 5.41) is 80.5. The van der Waals surface area contributed by atoms with E-state index < -0.39 is 69.3 Å². The molecule has 1 aliphatic carbocycles. The summed E-state index contributed by atoms with van der Waals surface area (Å²) in [6.45, 7) is 5.82. The number of nitrogens with two attached hydrogens (primary N) is 1. The minimum absolute atomic E-state index is 0. The van der Waals surface area contributed by atoms with Crippen molar-refractivity contribution in [2.24, 2.45) is 36.5 Å². The fraction of sp³-hybridized carbons (Fsp3) is 0.225. The van der Waals surface area contributed by atoms with Gasteiger partial charge in [0.1, 0.15) is 11.4 Å². The van der Waals surface area contributed by atoms with Gasteiger partial charge in [-0.15, -0.1) is 10.2 Å². The minimum Gasteiger partial charge on any atom is -0.871 e. The van der Waals surface area contributed by atoms with E-state index in [0.717, 1.165) is 62.1 Å². The summed E-state index contributed by atoms with van der Waals surface area (Å²) in [5.74, 6) is -2.45. The molecule has 0 saturated carbocycles. The number of benzene rings is 4. The smallest absolute Gasteiger partial charge is 0.871 e. The molecule has 22 nitrogen and oxygen atoms in total. The van der Waals surface area contributed by atoms with Crippen molar-refractivity contribution < 1.29 is 171 Å². The first-order valence-electron chi connectivity index (χ1n) is 18.9. The van der Waals surface area contributed by atoms with E-state index in [0.29, 0.717) is 29.3 Å². The van der Waals surface area contributed by atoms with Crippen molar-refractivity contribution in [1.29, 1.82) is 0 Å². The third kappa shape index (κ3) is 18.1. The molecule has 5 rings (SSSR count). The molecule has 4 N–H and O–H groups in total. The molecular formula is C40H39CoK2N9O13S2+. The van der Waals surface area contributed by atoms with Crippen LogP contribution in [0.5, 0.6) is 11.5 Å². The fourth-order valence-corrected chi connectivity index (χ4v) is 6.67. The van der Waals surface area contributed by atoms with E-state index in [1.54, 1.807) is 36.4 Å². The third-order valence-electron chi connectivity index (χ3n) is 9.12. The zero-order chi connectivity index (χ0) is 47.4. The van der Waals surface area contributed by atoms with Crippen LogP contribution in [0.15, 0.2) is 133 Å². The van der Waals surface area contributed by atoms with E-state index >= 15 is 0 Å². The number of primary sulfonamides is 1. The van der Waals surface area contributed by atoms with Gasteiger partial charge in [0, 0.05) is 28.6 Å². The molecule has 4 aromatic rings. The van der Waals surface area contributed by atoms with E-state index in [-0.39, 0.29) is 159 Å². The van der Waals surface area contributed by atoms with Crippen LogP contribution in [0.4, 0.5) is 34.1 Å². The standard InChI is InChI=1S/C22H15N5O8S.C18H28N4O5S.Co.2K/c28-22-19(11-15(26(29)30)12-20(22)27(31)32)24-25-21-17-4-2-1-3-13(17)5-10-18(21)23-14-6-8-16(9-7-14)36(33,34)35;1-4-6-7-13(5-2)11-20-18(25)17(12(3)23)22-21-15-10-14(28(19,26)27)8-9-16(15)24;;;/h1-12,28H,(H2,33,34,35);8-10,13,23-24H,4-7,11H2,1-3H3,(H,20,25)(H2,19,26,27);;;/q;;+3;2*+1/p-4. The number of hydrogen-bond acceptors (Lipinski definition) is 18. The topological polar surface area (TPSA) is 367 Å². The van der Waals surface area contributed by atoms with Gasteiger partial charge in [-0.05, 0) is 67.2 Å². The Bertz CT molecular complexity index is 2890. The third-order valence-corrected chi connectivity index (χ3v) is 10.9. The maximum Gasteiger partial charge on any atom is 3.00 e. The molecule has 0 fully saturated rings. The molecular weight excluding hydrogens is 1020 g/mol. The summed E-state index contributed by atoms with van der Waals surface area (Å²) in [5.41, 5.74) is -2.37. The number of aliphatic hydroxyl groups excluding tert-OH is 1. The Hall–Kier alpha value is -3.47.